The average Bonchev–Trinajstić information content (AvgIpc) is 3.24. The van der Waals surface area contributed by atoms with Crippen LogP contribution in [-0.4, -0.2) is 75.6 Å². The fourth-order valence-electron chi connectivity index (χ4n) is 6.04. The highest BCUT2D eigenvalue weighted by Gasteiger charge is 2.26. The lowest BCUT2D eigenvalue weighted by Gasteiger charge is -2.24. The van der Waals surface area contributed by atoms with Crippen LogP contribution in [0.5, 0.6) is 0 Å². The Morgan fingerprint density at radius 3 is 1.38 bits per heavy atom. The molecule has 0 fully saturated rings. The molecule has 0 radical (unpaired) electrons. The molecule has 0 aliphatic carbocycles. The van der Waals surface area contributed by atoms with Crippen LogP contribution in [-0.2, 0) is 27.9 Å². The Bertz CT molecular complexity index is 1370. The van der Waals surface area contributed by atoms with Gasteiger partial charge in [-0.1, -0.05) is 175 Å². The van der Waals surface area contributed by atoms with E-state index in [0.29, 0.717) is 24.1 Å². The molecule has 0 spiro atoms. The molecule has 0 aromatic heterocycles. The highest BCUT2D eigenvalue weighted by molar-refractivity contribution is 7.47. The average molecular weight is 899 g/mol. The maximum Gasteiger partial charge on any atom is 0.472 e. The molecule has 0 amide bonds. The number of ether oxygens (including phenoxy) is 2. The van der Waals surface area contributed by atoms with Gasteiger partial charge in [0.2, 0.25) is 0 Å². The first kappa shape index (κ1) is 60.2. The number of hydrogen-bond acceptors (Lipinski definition) is 6. The lowest BCUT2D eigenvalue weighted by atomic mass is 10.1. The molecule has 0 aromatic rings. The van der Waals surface area contributed by atoms with Crippen molar-refractivity contribution in [1.29, 1.82) is 0 Å². The van der Waals surface area contributed by atoms with Crippen LogP contribution in [0.25, 0.3) is 0 Å². The molecular weight excluding hydrogens is 806 g/mol. The van der Waals surface area contributed by atoms with E-state index in [0.717, 1.165) is 70.6 Å². The fourth-order valence-corrected chi connectivity index (χ4v) is 6.78. The van der Waals surface area contributed by atoms with Gasteiger partial charge in [0.25, 0.3) is 0 Å². The third-order valence-corrected chi connectivity index (χ3v) is 10.8. The van der Waals surface area contributed by atoms with Crippen LogP contribution in [0.15, 0.2) is 109 Å². The molecule has 0 aliphatic rings. The number of quaternary nitrogens is 1. The van der Waals surface area contributed by atoms with E-state index in [2.05, 4.69) is 123 Å². The fraction of sp³-hybridized carbons (Fsp3) is 0.648. The molecule has 360 valence electrons. The number of carbonyl (C=O) groups is 1. The number of likely N-dealkylation sites (N-methyl/N-ethyl adjacent to an activating group) is 1. The SMILES string of the molecule is CC/C=C\C/C=C\C/C=C\C/C=C\C/C=C\C/C=C\C/C=C\CCCC(=O)OC(COCCCCCCCCCC/C=C\C/C=C\CCCCC)COP(=O)(O)OCC[N+](C)(C)C. The van der Waals surface area contributed by atoms with E-state index in [9.17, 15) is 14.3 Å². The van der Waals surface area contributed by atoms with E-state index in [1.807, 2.05) is 21.1 Å². The van der Waals surface area contributed by atoms with Crippen LogP contribution < -0.4 is 0 Å². The monoisotopic (exact) mass is 899 g/mol. The number of carbonyl (C=O) groups excluding carboxylic acids is 1. The number of esters is 1. The zero-order valence-electron chi connectivity index (χ0n) is 40.8. The predicted molar refractivity (Wildman–Crippen MR) is 270 cm³/mol. The van der Waals surface area contributed by atoms with Crippen LogP contribution in [0, 0.1) is 0 Å². The van der Waals surface area contributed by atoms with Crippen LogP contribution in [0.1, 0.15) is 168 Å². The van der Waals surface area contributed by atoms with Crippen LogP contribution in [0.4, 0.5) is 0 Å². The quantitative estimate of drug-likeness (QED) is 0.0214. The Kier molecular flexibility index (Phi) is 43.7. The van der Waals surface area contributed by atoms with Crippen molar-refractivity contribution in [3.63, 3.8) is 0 Å². The van der Waals surface area contributed by atoms with Gasteiger partial charge in [-0.05, 0) is 96.3 Å². The topological polar surface area (TPSA) is 91.3 Å². The van der Waals surface area contributed by atoms with Gasteiger partial charge in [-0.3, -0.25) is 13.8 Å². The maximum atomic E-state index is 12.7. The van der Waals surface area contributed by atoms with Gasteiger partial charge in [-0.15, -0.1) is 0 Å². The van der Waals surface area contributed by atoms with Crippen molar-refractivity contribution >= 4 is 13.8 Å². The molecule has 0 aliphatic heterocycles. The van der Waals surface area contributed by atoms with Gasteiger partial charge in [0.05, 0.1) is 34.4 Å². The molecule has 63 heavy (non-hydrogen) atoms. The van der Waals surface area contributed by atoms with E-state index >= 15 is 0 Å². The van der Waals surface area contributed by atoms with Crippen molar-refractivity contribution in [2.75, 3.05) is 54.1 Å². The number of phosphoric ester groups is 1. The summed E-state index contributed by atoms with van der Waals surface area (Å²) in [5, 5.41) is 0. The minimum Gasteiger partial charge on any atom is -0.457 e. The molecule has 2 atom stereocenters. The summed E-state index contributed by atoms with van der Waals surface area (Å²) in [4.78, 5) is 23.0. The van der Waals surface area contributed by atoms with Gasteiger partial charge in [-0.2, -0.15) is 0 Å². The first-order chi connectivity index (χ1) is 30.6. The van der Waals surface area contributed by atoms with Crippen LogP contribution in [0.3, 0.4) is 0 Å². The van der Waals surface area contributed by atoms with Crippen LogP contribution in [0.2, 0.25) is 0 Å². The summed E-state index contributed by atoms with van der Waals surface area (Å²) in [6, 6.07) is 0. The largest absolute Gasteiger partial charge is 0.472 e. The molecule has 0 aromatic carbocycles. The molecule has 8 nitrogen and oxygen atoms in total. The van der Waals surface area contributed by atoms with Gasteiger partial charge in [0.15, 0.2) is 0 Å². The molecule has 1 N–H and O–H groups in total. The predicted octanol–water partition coefficient (Wildman–Crippen LogP) is 15.2. The Morgan fingerprint density at radius 2 is 0.921 bits per heavy atom. The van der Waals surface area contributed by atoms with Gasteiger partial charge >= 0.3 is 13.8 Å². The van der Waals surface area contributed by atoms with E-state index in [-0.39, 0.29) is 32.2 Å². The summed E-state index contributed by atoms with van der Waals surface area (Å²) in [7, 11) is 1.61. The molecule has 0 saturated heterocycles. The number of phosphoric acid groups is 1. The van der Waals surface area contributed by atoms with E-state index in [1.165, 1.54) is 70.6 Å². The summed E-state index contributed by atoms with van der Waals surface area (Å²) in [6.45, 7) is 5.36. The Labute approximate surface area is 387 Å². The van der Waals surface area contributed by atoms with Crippen molar-refractivity contribution in [3.05, 3.63) is 109 Å². The number of hydrogen-bond donors (Lipinski definition) is 1. The third kappa shape index (κ3) is 50.0. The molecule has 0 heterocycles. The van der Waals surface area contributed by atoms with Crippen LogP contribution >= 0.6 is 7.82 Å². The summed E-state index contributed by atoms with van der Waals surface area (Å²) < 4.78 is 35.0. The number of rotatable bonds is 44. The summed E-state index contributed by atoms with van der Waals surface area (Å²) in [5.74, 6) is -0.377. The Morgan fingerprint density at radius 1 is 0.508 bits per heavy atom. The lowest BCUT2D eigenvalue weighted by molar-refractivity contribution is -0.870. The zero-order valence-corrected chi connectivity index (χ0v) is 41.7. The summed E-state index contributed by atoms with van der Waals surface area (Å²) in [6.07, 6.45) is 64.2. The van der Waals surface area contributed by atoms with Crippen molar-refractivity contribution in [2.45, 2.75) is 174 Å². The highest BCUT2D eigenvalue weighted by Crippen LogP contribution is 2.43. The standard InChI is InChI=1S/C54H92NO7P/c1-6-8-10-12-14-16-18-20-22-24-26-27-28-29-30-31-33-35-37-39-41-43-45-47-54(56)62-53(52-61-63(57,58)60-50-48-55(3,4)5)51-59-49-46-44-42-40-38-36-34-32-25-23-21-19-17-15-13-11-9-7-2/h8,10,14-17,20-23,26-27,29-30,33,35,39,41,53H,6-7,9,11-13,18-19,24-25,28,31-32,34,36-38,40,42-52H2,1-5H3/p+1/b10-8-,16-14-,17-15-,22-20-,23-21-,27-26-,30-29-,35-33-,41-39-. The second-order valence-electron chi connectivity index (χ2n) is 17.1. The van der Waals surface area contributed by atoms with E-state index in [4.69, 9.17) is 18.5 Å². The molecule has 2 unspecified atom stereocenters. The van der Waals surface area contributed by atoms with Gasteiger partial charge in [-0.25, -0.2) is 4.57 Å². The smallest absolute Gasteiger partial charge is 0.457 e. The number of nitrogens with zero attached hydrogens (tertiary/aromatic N) is 1. The first-order valence-electron chi connectivity index (χ1n) is 24.6. The number of allylic oxidation sites excluding steroid dienone is 18. The van der Waals surface area contributed by atoms with Crippen molar-refractivity contribution in [1.82, 2.24) is 0 Å². The normalized spacial score (nSPS) is 14.6. The second kappa shape index (κ2) is 45.7. The number of unbranched alkanes of at least 4 members (excludes halogenated alkanes) is 12. The Balaban J connectivity index is 4.33. The molecule has 0 saturated carbocycles. The second-order valence-corrected chi connectivity index (χ2v) is 18.6. The van der Waals surface area contributed by atoms with Gasteiger partial charge in [0.1, 0.15) is 19.3 Å². The minimum absolute atomic E-state index is 0.0700. The molecular formula is C54H93NO7P+. The Hall–Kier alpha value is -2.84. The van der Waals surface area contributed by atoms with Crippen molar-refractivity contribution < 1.29 is 37.3 Å². The maximum absolute atomic E-state index is 12.7. The molecule has 0 rings (SSSR count). The first-order valence-corrected chi connectivity index (χ1v) is 26.1. The summed E-state index contributed by atoms with van der Waals surface area (Å²) >= 11 is 0. The summed E-state index contributed by atoms with van der Waals surface area (Å²) in [5.41, 5.74) is 0. The highest BCUT2D eigenvalue weighted by atomic mass is 31.2. The van der Waals surface area contributed by atoms with Crippen molar-refractivity contribution in [2.24, 2.45) is 0 Å². The zero-order chi connectivity index (χ0) is 46.2. The lowest BCUT2D eigenvalue weighted by Crippen LogP contribution is -2.37. The van der Waals surface area contributed by atoms with Gasteiger partial charge < -0.3 is 18.9 Å². The third-order valence-electron chi connectivity index (χ3n) is 9.82. The molecule has 0 bridgehead atoms. The van der Waals surface area contributed by atoms with E-state index in [1.54, 1.807) is 0 Å². The van der Waals surface area contributed by atoms with Crippen molar-refractivity contribution in [3.8, 4) is 0 Å². The van der Waals surface area contributed by atoms with Gasteiger partial charge in [0, 0.05) is 13.0 Å². The van der Waals surface area contributed by atoms with E-state index < -0.39 is 13.9 Å². The minimum atomic E-state index is -4.31. The molecule has 9 heteroatoms.